The molecule has 1 aromatic rings. The van der Waals surface area contributed by atoms with E-state index >= 15 is 0 Å². The molecule has 2 rings (SSSR count). The minimum absolute atomic E-state index is 0.255. The minimum atomic E-state index is 0.255. The smallest absolute Gasteiger partial charge is 0.0644 e. The normalized spacial score (nSPS) is 22.6. The van der Waals surface area contributed by atoms with Gasteiger partial charge in [0.05, 0.1) is 11.7 Å². The van der Waals surface area contributed by atoms with E-state index in [0.717, 1.165) is 5.69 Å². The van der Waals surface area contributed by atoms with Gasteiger partial charge in [-0.05, 0) is 31.4 Å². The molecule has 2 N–H and O–H groups in total. The lowest BCUT2D eigenvalue weighted by atomic mass is 10.1. The number of thioether (sulfide) groups is 1. The second-order valence-corrected chi connectivity index (χ2v) is 5.34. The van der Waals surface area contributed by atoms with Gasteiger partial charge in [0.15, 0.2) is 0 Å². The van der Waals surface area contributed by atoms with Gasteiger partial charge < -0.3 is 5.73 Å². The van der Waals surface area contributed by atoms with Crippen LogP contribution in [-0.4, -0.2) is 41.0 Å². The van der Waals surface area contributed by atoms with E-state index in [1.54, 1.807) is 0 Å². The fraction of sp³-hybridized carbons (Fsp3) is 0.583. The highest BCUT2D eigenvalue weighted by Gasteiger charge is 2.26. The minimum Gasteiger partial charge on any atom is -0.329 e. The van der Waals surface area contributed by atoms with Crippen molar-refractivity contribution in [3.63, 3.8) is 0 Å². The van der Waals surface area contributed by atoms with Gasteiger partial charge in [-0.25, -0.2) is 0 Å². The third-order valence-electron chi connectivity index (χ3n) is 3.23. The van der Waals surface area contributed by atoms with Crippen molar-refractivity contribution in [1.29, 1.82) is 0 Å². The first-order valence-electron chi connectivity index (χ1n) is 5.73. The molecule has 0 saturated carbocycles. The predicted molar refractivity (Wildman–Crippen MR) is 69.5 cm³/mol. The van der Waals surface area contributed by atoms with Crippen LogP contribution < -0.4 is 5.73 Å². The van der Waals surface area contributed by atoms with E-state index in [1.165, 1.54) is 17.9 Å². The molecule has 1 fully saturated rings. The Bertz CT molecular complexity index is 311. The molecule has 3 nitrogen and oxygen atoms in total. The summed E-state index contributed by atoms with van der Waals surface area (Å²) in [5, 5.41) is 0. The third-order valence-corrected chi connectivity index (χ3v) is 4.37. The lowest BCUT2D eigenvalue weighted by Crippen LogP contribution is -2.39. The van der Waals surface area contributed by atoms with Crippen LogP contribution in [0.25, 0.3) is 0 Å². The lowest BCUT2D eigenvalue weighted by molar-refractivity contribution is 0.189. The number of hydrogen-bond acceptors (Lipinski definition) is 4. The number of pyridine rings is 1. The first kappa shape index (κ1) is 11.9. The van der Waals surface area contributed by atoms with Crippen LogP contribution in [0.1, 0.15) is 18.2 Å². The zero-order valence-corrected chi connectivity index (χ0v) is 10.5. The molecule has 0 amide bonds. The molecule has 2 heterocycles. The standard InChI is InChI=1S/C12H19N3S/c1-15(10-5-7-16-9-10)12(8-13)11-4-2-3-6-14-11/h2-4,6,10,12H,5,7-9,13H2,1H3. The van der Waals surface area contributed by atoms with E-state index in [4.69, 9.17) is 5.73 Å². The number of nitrogens with two attached hydrogens (primary N) is 1. The summed E-state index contributed by atoms with van der Waals surface area (Å²) >= 11 is 2.03. The van der Waals surface area contributed by atoms with Crippen molar-refractivity contribution in [2.24, 2.45) is 5.73 Å². The summed E-state index contributed by atoms with van der Waals surface area (Å²) in [7, 11) is 2.17. The van der Waals surface area contributed by atoms with Crippen molar-refractivity contribution in [1.82, 2.24) is 9.88 Å². The van der Waals surface area contributed by atoms with Gasteiger partial charge in [-0.15, -0.1) is 0 Å². The lowest BCUT2D eigenvalue weighted by Gasteiger charge is -2.31. The maximum atomic E-state index is 5.88. The molecule has 16 heavy (non-hydrogen) atoms. The molecule has 1 aliphatic heterocycles. The number of nitrogens with zero attached hydrogens (tertiary/aromatic N) is 2. The van der Waals surface area contributed by atoms with Gasteiger partial charge in [-0.3, -0.25) is 9.88 Å². The van der Waals surface area contributed by atoms with Crippen molar-refractivity contribution >= 4 is 11.8 Å². The van der Waals surface area contributed by atoms with Crippen LogP contribution in [0.4, 0.5) is 0 Å². The average molecular weight is 237 g/mol. The molecule has 0 bridgehead atoms. The summed E-state index contributed by atoms with van der Waals surface area (Å²) in [4.78, 5) is 6.81. The third kappa shape index (κ3) is 2.56. The highest BCUT2D eigenvalue weighted by molar-refractivity contribution is 7.99. The SMILES string of the molecule is CN(C1CCSC1)C(CN)c1ccccn1. The molecule has 4 heteroatoms. The van der Waals surface area contributed by atoms with E-state index in [0.29, 0.717) is 12.6 Å². The monoisotopic (exact) mass is 237 g/mol. The fourth-order valence-electron chi connectivity index (χ4n) is 2.17. The number of rotatable bonds is 4. The van der Waals surface area contributed by atoms with Crippen molar-refractivity contribution in [2.45, 2.75) is 18.5 Å². The Morgan fingerprint density at radius 1 is 1.62 bits per heavy atom. The van der Waals surface area contributed by atoms with E-state index in [-0.39, 0.29) is 6.04 Å². The molecular formula is C12H19N3S. The molecule has 0 aromatic carbocycles. The Morgan fingerprint density at radius 3 is 3.06 bits per heavy atom. The summed E-state index contributed by atoms with van der Waals surface area (Å²) in [5.74, 6) is 2.49. The number of likely N-dealkylation sites (N-methyl/N-ethyl adjacent to an activating group) is 1. The molecule has 2 atom stereocenters. The van der Waals surface area contributed by atoms with Crippen molar-refractivity contribution in [2.75, 3.05) is 25.1 Å². The van der Waals surface area contributed by atoms with Crippen LogP contribution in [0.2, 0.25) is 0 Å². The second kappa shape index (κ2) is 5.66. The molecule has 0 spiro atoms. The largest absolute Gasteiger partial charge is 0.329 e. The van der Waals surface area contributed by atoms with E-state index in [9.17, 15) is 0 Å². The van der Waals surface area contributed by atoms with Crippen LogP contribution in [0.5, 0.6) is 0 Å². The van der Waals surface area contributed by atoms with Crippen LogP contribution in [0.15, 0.2) is 24.4 Å². The zero-order valence-electron chi connectivity index (χ0n) is 9.67. The van der Waals surface area contributed by atoms with Gasteiger partial charge in [0.25, 0.3) is 0 Å². The van der Waals surface area contributed by atoms with Gasteiger partial charge in [0.2, 0.25) is 0 Å². The Balaban J connectivity index is 2.09. The Kier molecular flexibility index (Phi) is 4.21. The van der Waals surface area contributed by atoms with E-state index < -0.39 is 0 Å². The van der Waals surface area contributed by atoms with Gasteiger partial charge in [-0.1, -0.05) is 6.07 Å². The summed E-state index contributed by atoms with van der Waals surface area (Å²) < 4.78 is 0. The van der Waals surface area contributed by atoms with Crippen molar-refractivity contribution in [3.05, 3.63) is 30.1 Å². The van der Waals surface area contributed by atoms with Gasteiger partial charge >= 0.3 is 0 Å². The fourth-order valence-corrected chi connectivity index (χ4v) is 3.45. The predicted octanol–water partition coefficient (Wildman–Crippen LogP) is 1.52. The highest BCUT2D eigenvalue weighted by Crippen LogP contribution is 2.27. The first-order valence-corrected chi connectivity index (χ1v) is 6.89. The zero-order chi connectivity index (χ0) is 11.4. The molecule has 1 aromatic heterocycles. The highest BCUT2D eigenvalue weighted by atomic mass is 32.2. The van der Waals surface area contributed by atoms with Crippen LogP contribution in [0, 0.1) is 0 Å². The topological polar surface area (TPSA) is 42.1 Å². The van der Waals surface area contributed by atoms with Crippen LogP contribution in [0.3, 0.4) is 0 Å². The number of hydrogen-bond donors (Lipinski definition) is 1. The molecule has 1 aliphatic rings. The van der Waals surface area contributed by atoms with Crippen molar-refractivity contribution in [3.8, 4) is 0 Å². The quantitative estimate of drug-likeness (QED) is 0.862. The van der Waals surface area contributed by atoms with Crippen molar-refractivity contribution < 1.29 is 0 Å². The van der Waals surface area contributed by atoms with Gasteiger partial charge in [0.1, 0.15) is 0 Å². The molecule has 2 unspecified atom stereocenters. The summed E-state index contributed by atoms with van der Waals surface area (Å²) in [6.07, 6.45) is 3.11. The second-order valence-electron chi connectivity index (χ2n) is 4.19. The maximum absolute atomic E-state index is 5.88. The summed E-state index contributed by atoms with van der Waals surface area (Å²) in [5.41, 5.74) is 6.97. The first-order chi connectivity index (χ1) is 7.83. The molecule has 0 aliphatic carbocycles. The van der Waals surface area contributed by atoms with Gasteiger partial charge in [0, 0.05) is 24.5 Å². The van der Waals surface area contributed by atoms with E-state index in [2.05, 4.69) is 23.0 Å². The Labute approximate surface area is 101 Å². The Hall–Kier alpha value is -0.580. The summed E-state index contributed by atoms with van der Waals surface area (Å²) in [6.45, 7) is 0.634. The maximum Gasteiger partial charge on any atom is 0.0644 e. The van der Waals surface area contributed by atoms with Crippen LogP contribution >= 0.6 is 11.8 Å². The number of aromatic nitrogens is 1. The molecule has 88 valence electrons. The van der Waals surface area contributed by atoms with Crippen LogP contribution in [-0.2, 0) is 0 Å². The summed E-state index contributed by atoms with van der Waals surface area (Å²) in [6, 6.07) is 6.95. The van der Waals surface area contributed by atoms with Gasteiger partial charge in [-0.2, -0.15) is 11.8 Å². The average Bonchev–Trinajstić information content (AvgIpc) is 2.85. The molecule has 0 radical (unpaired) electrons. The molecular weight excluding hydrogens is 218 g/mol. The molecule has 1 saturated heterocycles. The Morgan fingerprint density at radius 2 is 2.50 bits per heavy atom. The van der Waals surface area contributed by atoms with E-state index in [1.807, 2.05) is 30.1 Å².